The van der Waals surface area contributed by atoms with E-state index in [1.165, 1.54) is 6.42 Å². The van der Waals surface area contributed by atoms with Gasteiger partial charge in [0.05, 0.1) is 5.92 Å². The van der Waals surface area contributed by atoms with Crippen LogP contribution in [0.3, 0.4) is 0 Å². The average Bonchev–Trinajstić information content (AvgIpc) is 3.23. The number of anilines is 1. The maximum Gasteiger partial charge on any atom is 0.228 e. The number of amides is 2. The lowest BCUT2D eigenvalue weighted by molar-refractivity contribution is -0.137. The Kier molecular flexibility index (Phi) is 5.80. The Bertz CT molecular complexity index is 664. The van der Waals surface area contributed by atoms with E-state index in [1.807, 2.05) is 17.0 Å². The lowest BCUT2D eigenvalue weighted by atomic mass is 9.77. The van der Waals surface area contributed by atoms with Crippen molar-refractivity contribution in [3.8, 4) is 0 Å². The summed E-state index contributed by atoms with van der Waals surface area (Å²) in [6, 6.07) is 7.23. The zero-order valence-corrected chi connectivity index (χ0v) is 16.3. The van der Waals surface area contributed by atoms with Gasteiger partial charge in [-0.25, -0.2) is 0 Å². The third-order valence-electron chi connectivity index (χ3n) is 6.08. The highest BCUT2D eigenvalue weighted by Gasteiger charge is 2.41. The molecule has 0 saturated carbocycles. The summed E-state index contributed by atoms with van der Waals surface area (Å²) in [5.74, 6) is -0.0568. The summed E-state index contributed by atoms with van der Waals surface area (Å²) in [6.45, 7) is 4.31. The first kappa shape index (κ1) is 19.5. The lowest BCUT2D eigenvalue weighted by Gasteiger charge is -2.39. The van der Waals surface area contributed by atoms with Gasteiger partial charge in [-0.15, -0.1) is 12.4 Å². The molecule has 0 radical (unpaired) electrons. The Hall–Kier alpha value is -1.30. The molecule has 3 heterocycles. The van der Waals surface area contributed by atoms with Gasteiger partial charge in [-0.1, -0.05) is 11.6 Å². The molecule has 1 atom stereocenters. The molecule has 4 rings (SSSR count). The lowest BCUT2D eigenvalue weighted by Crippen LogP contribution is -2.46. The van der Waals surface area contributed by atoms with Gasteiger partial charge in [0.1, 0.15) is 0 Å². The van der Waals surface area contributed by atoms with Crippen LogP contribution < -0.4 is 10.2 Å². The minimum atomic E-state index is -0.223. The van der Waals surface area contributed by atoms with E-state index in [-0.39, 0.29) is 30.1 Å². The minimum Gasteiger partial charge on any atom is -0.342 e. The molecular weight excluding hydrogens is 373 g/mol. The Balaban J connectivity index is 0.00000196. The van der Waals surface area contributed by atoms with Gasteiger partial charge < -0.3 is 15.1 Å². The van der Waals surface area contributed by atoms with Crippen LogP contribution in [0.2, 0.25) is 5.02 Å². The first-order chi connectivity index (χ1) is 12.1. The van der Waals surface area contributed by atoms with Gasteiger partial charge in [0.25, 0.3) is 0 Å². The third-order valence-corrected chi connectivity index (χ3v) is 6.33. The fraction of sp³-hybridized carbons (Fsp3) is 0.579. The molecule has 1 N–H and O–H groups in total. The molecular formula is C19H25Cl2N3O2. The number of piperidine rings is 1. The van der Waals surface area contributed by atoms with Crippen LogP contribution in [0.5, 0.6) is 0 Å². The number of halogens is 2. The SMILES string of the molecule is Cl.O=C(C1CC(=O)N(c2ccc(Cl)cc2)C1)N1CCC2(CCNC2)CC1. The minimum absolute atomic E-state index is 0. The van der Waals surface area contributed by atoms with Gasteiger partial charge in [-0.3, -0.25) is 9.59 Å². The van der Waals surface area contributed by atoms with Gasteiger partial charge in [0.15, 0.2) is 0 Å². The molecule has 1 unspecified atom stereocenters. The van der Waals surface area contributed by atoms with E-state index in [2.05, 4.69) is 5.32 Å². The Labute approximate surface area is 165 Å². The summed E-state index contributed by atoms with van der Waals surface area (Å²) < 4.78 is 0. The van der Waals surface area contributed by atoms with Crippen LogP contribution >= 0.6 is 24.0 Å². The fourth-order valence-corrected chi connectivity index (χ4v) is 4.55. The number of benzene rings is 1. The van der Waals surface area contributed by atoms with Crippen molar-refractivity contribution in [1.29, 1.82) is 0 Å². The maximum absolute atomic E-state index is 12.9. The standard InChI is InChI=1S/C19H24ClN3O2.ClH/c20-15-1-3-16(4-2-15)23-12-14(11-17(23)24)18(25)22-9-6-19(7-10-22)5-8-21-13-19;/h1-4,14,21H,5-13H2;1H. The topological polar surface area (TPSA) is 52.7 Å². The van der Waals surface area contributed by atoms with Crippen molar-refractivity contribution in [2.75, 3.05) is 37.6 Å². The number of carbonyl (C=O) groups excluding carboxylic acids is 2. The normalized spacial score (nSPS) is 24.8. The van der Waals surface area contributed by atoms with Crippen LogP contribution in [-0.4, -0.2) is 49.4 Å². The molecule has 1 spiro atoms. The van der Waals surface area contributed by atoms with E-state index in [9.17, 15) is 9.59 Å². The number of nitrogens with one attached hydrogen (secondary N) is 1. The number of hydrogen-bond donors (Lipinski definition) is 1. The molecule has 1 aromatic rings. The van der Waals surface area contributed by atoms with Crippen molar-refractivity contribution in [3.05, 3.63) is 29.3 Å². The molecule has 1 aromatic carbocycles. The van der Waals surface area contributed by atoms with Gasteiger partial charge in [-0.2, -0.15) is 0 Å². The van der Waals surface area contributed by atoms with E-state index >= 15 is 0 Å². The zero-order valence-electron chi connectivity index (χ0n) is 14.7. The summed E-state index contributed by atoms with van der Waals surface area (Å²) in [5.41, 5.74) is 1.22. The predicted molar refractivity (Wildman–Crippen MR) is 105 cm³/mol. The molecule has 3 aliphatic heterocycles. The van der Waals surface area contributed by atoms with Gasteiger partial charge in [-0.05, 0) is 55.5 Å². The van der Waals surface area contributed by atoms with E-state index in [0.717, 1.165) is 44.7 Å². The summed E-state index contributed by atoms with van der Waals surface area (Å²) in [4.78, 5) is 29.0. The van der Waals surface area contributed by atoms with Crippen molar-refractivity contribution in [3.63, 3.8) is 0 Å². The highest BCUT2D eigenvalue weighted by molar-refractivity contribution is 6.30. The summed E-state index contributed by atoms with van der Waals surface area (Å²) in [6.07, 6.45) is 3.69. The molecule has 2 amide bonds. The maximum atomic E-state index is 12.9. The van der Waals surface area contributed by atoms with Gasteiger partial charge in [0.2, 0.25) is 11.8 Å². The molecule has 0 bridgehead atoms. The Morgan fingerprint density at radius 2 is 1.85 bits per heavy atom. The van der Waals surface area contributed by atoms with E-state index in [0.29, 0.717) is 23.4 Å². The second-order valence-corrected chi connectivity index (χ2v) is 8.07. The van der Waals surface area contributed by atoms with Gasteiger partial charge in [0, 0.05) is 43.3 Å². The summed E-state index contributed by atoms with van der Waals surface area (Å²) in [7, 11) is 0. The van der Waals surface area contributed by atoms with Crippen LogP contribution in [-0.2, 0) is 9.59 Å². The number of carbonyl (C=O) groups is 2. The number of rotatable bonds is 2. The van der Waals surface area contributed by atoms with E-state index in [4.69, 9.17) is 11.6 Å². The van der Waals surface area contributed by atoms with Gasteiger partial charge >= 0.3 is 0 Å². The largest absolute Gasteiger partial charge is 0.342 e. The van der Waals surface area contributed by atoms with Crippen molar-refractivity contribution < 1.29 is 9.59 Å². The highest BCUT2D eigenvalue weighted by atomic mass is 35.5. The van der Waals surface area contributed by atoms with E-state index in [1.54, 1.807) is 17.0 Å². The van der Waals surface area contributed by atoms with E-state index < -0.39 is 0 Å². The molecule has 0 aromatic heterocycles. The van der Waals surface area contributed by atoms with Crippen molar-refractivity contribution in [2.24, 2.45) is 11.3 Å². The summed E-state index contributed by atoms with van der Waals surface area (Å²) in [5, 5.41) is 4.10. The van der Waals surface area contributed by atoms with Crippen LogP contribution in [0.4, 0.5) is 5.69 Å². The Morgan fingerprint density at radius 1 is 1.15 bits per heavy atom. The van der Waals surface area contributed by atoms with Crippen LogP contribution in [0.25, 0.3) is 0 Å². The number of nitrogens with zero attached hydrogens (tertiary/aromatic N) is 2. The van der Waals surface area contributed by atoms with Crippen LogP contribution in [0, 0.1) is 11.3 Å². The van der Waals surface area contributed by atoms with Crippen molar-refractivity contribution in [2.45, 2.75) is 25.7 Å². The highest BCUT2D eigenvalue weighted by Crippen LogP contribution is 2.37. The first-order valence-electron chi connectivity index (χ1n) is 9.12. The quantitative estimate of drug-likeness (QED) is 0.834. The molecule has 26 heavy (non-hydrogen) atoms. The molecule has 3 fully saturated rings. The van der Waals surface area contributed by atoms with Crippen molar-refractivity contribution >= 4 is 41.5 Å². The molecule has 142 valence electrons. The molecule has 3 aliphatic rings. The van der Waals surface area contributed by atoms with Crippen LogP contribution in [0.15, 0.2) is 24.3 Å². The monoisotopic (exact) mass is 397 g/mol. The molecule has 0 aliphatic carbocycles. The zero-order chi connectivity index (χ0) is 17.4. The second-order valence-electron chi connectivity index (χ2n) is 7.63. The summed E-state index contributed by atoms with van der Waals surface area (Å²) >= 11 is 5.92. The third kappa shape index (κ3) is 3.71. The number of hydrogen-bond acceptors (Lipinski definition) is 3. The number of likely N-dealkylation sites (tertiary alicyclic amines) is 1. The molecule has 3 saturated heterocycles. The second kappa shape index (κ2) is 7.75. The Morgan fingerprint density at radius 3 is 2.46 bits per heavy atom. The first-order valence-corrected chi connectivity index (χ1v) is 9.50. The predicted octanol–water partition coefficient (Wildman–Crippen LogP) is 2.72. The average molecular weight is 398 g/mol. The molecule has 7 heteroatoms. The smallest absolute Gasteiger partial charge is 0.228 e. The molecule has 5 nitrogen and oxygen atoms in total. The van der Waals surface area contributed by atoms with Crippen LogP contribution in [0.1, 0.15) is 25.7 Å². The van der Waals surface area contributed by atoms with Crippen molar-refractivity contribution in [1.82, 2.24) is 10.2 Å². The fourth-order valence-electron chi connectivity index (χ4n) is 4.43.